The summed E-state index contributed by atoms with van der Waals surface area (Å²) in [6.45, 7) is 5.78. The van der Waals surface area contributed by atoms with Crippen molar-refractivity contribution < 1.29 is 14.3 Å². The SMILES string of the molecule is CCCCCCCCc1cc(C=O)sc1-c1ccc(-c2sc(-c3ccc(-c4scc5c4OCCO5)s3)cc2CCCCCCCC)s1. The van der Waals surface area contributed by atoms with Crippen molar-refractivity contribution in [3.63, 3.8) is 0 Å². The number of carbonyl (C=O) groups excluding carboxylic acids is 1. The molecule has 5 aromatic heterocycles. The Morgan fingerprint density at radius 2 is 1.15 bits per heavy atom. The largest absolute Gasteiger partial charge is 0.485 e. The zero-order chi connectivity index (χ0) is 32.4. The van der Waals surface area contributed by atoms with Crippen LogP contribution in [0.2, 0.25) is 0 Å². The number of carbonyl (C=O) groups is 1. The first kappa shape index (κ1) is 34.6. The van der Waals surface area contributed by atoms with E-state index in [0.717, 1.165) is 35.5 Å². The van der Waals surface area contributed by atoms with Crippen molar-refractivity contribution in [2.45, 2.75) is 104 Å². The second-order valence-corrected chi connectivity index (χ2v) is 17.6. The molecule has 0 atom stereocenters. The van der Waals surface area contributed by atoms with Crippen LogP contribution in [0.25, 0.3) is 39.0 Å². The highest BCUT2D eigenvalue weighted by Crippen LogP contribution is 2.51. The fourth-order valence-electron chi connectivity index (χ4n) is 6.25. The molecule has 6 rings (SSSR count). The molecule has 1 aliphatic heterocycles. The molecule has 0 saturated carbocycles. The van der Waals surface area contributed by atoms with Gasteiger partial charge in [-0.15, -0.1) is 56.7 Å². The molecular formula is C39H46O3S5. The van der Waals surface area contributed by atoms with E-state index in [1.165, 1.54) is 127 Å². The van der Waals surface area contributed by atoms with E-state index < -0.39 is 0 Å². The Morgan fingerprint density at radius 3 is 1.83 bits per heavy atom. The lowest BCUT2D eigenvalue weighted by molar-refractivity contribution is 0.112. The zero-order valence-electron chi connectivity index (χ0n) is 27.7. The number of ether oxygens (including phenoxy) is 2. The molecule has 250 valence electrons. The average Bonchev–Trinajstić information content (AvgIpc) is 3.93. The maximum absolute atomic E-state index is 11.8. The number of aldehydes is 1. The van der Waals surface area contributed by atoms with Crippen LogP contribution in [0.4, 0.5) is 0 Å². The Kier molecular flexibility index (Phi) is 12.8. The highest BCUT2D eigenvalue weighted by atomic mass is 32.1. The molecule has 0 aromatic carbocycles. The van der Waals surface area contributed by atoms with Gasteiger partial charge in [0.05, 0.1) is 9.75 Å². The predicted octanol–water partition coefficient (Wildman–Crippen LogP) is 14.1. The van der Waals surface area contributed by atoms with Crippen molar-refractivity contribution in [1.29, 1.82) is 0 Å². The van der Waals surface area contributed by atoms with Crippen molar-refractivity contribution in [3.8, 4) is 50.5 Å². The fourth-order valence-corrected chi connectivity index (χ4v) is 11.9. The first-order chi connectivity index (χ1) is 23.2. The molecule has 0 amide bonds. The molecule has 0 saturated heterocycles. The first-order valence-electron chi connectivity index (χ1n) is 17.5. The third-order valence-electron chi connectivity index (χ3n) is 8.78. The van der Waals surface area contributed by atoms with Crippen LogP contribution >= 0.6 is 56.7 Å². The number of thiophene rings is 5. The molecule has 1 aliphatic rings. The van der Waals surface area contributed by atoms with Crippen LogP contribution in [-0.4, -0.2) is 19.5 Å². The second kappa shape index (κ2) is 17.4. The Bertz CT molecular complexity index is 1710. The Labute approximate surface area is 300 Å². The Morgan fingerprint density at radius 1 is 0.596 bits per heavy atom. The van der Waals surface area contributed by atoms with Crippen molar-refractivity contribution in [2.24, 2.45) is 0 Å². The van der Waals surface area contributed by atoms with Crippen LogP contribution in [0.3, 0.4) is 0 Å². The smallest absolute Gasteiger partial charge is 0.180 e. The van der Waals surface area contributed by atoms with E-state index in [-0.39, 0.29) is 0 Å². The number of aryl methyl sites for hydroxylation is 2. The zero-order valence-corrected chi connectivity index (χ0v) is 31.8. The standard InChI is InChI=1S/C39H46O3S5/c1-3-5-7-9-11-13-15-27-23-29(25-40)44-37(27)32-19-20-33(46-32)38-28(16-14-12-10-8-6-4-2)24-35(47-38)31-17-18-34(45-31)39-36-30(26-43-39)41-21-22-42-36/h17-20,23-26H,3-16,21-22H2,1-2H3. The Hall–Kier alpha value is -2.23. The van der Waals surface area contributed by atoms with Gasteiger partial charge in [-0.1, -0.05) is 78.1 Å². The topological polar surface area (TPSA) is 35.5 Å². The number of hydrogen-bond donors (Lipinski definition) is 0. The summed E-state index contributed by atoms with van der Waals surface area (Å²) in [4.78, 5) is 23.0. The van der Waals surface area contributed by atoms with Crippen LogP contribution in [-0.2, 0) is 12.8 Å². The van der Waals surface area contributed by atoms with E-state index >= 15 is 0 Å². The lowest BCUT2D eigenvalue weighted by atomic mass is 10.0. The van der Waals surface area contributed by atoms with Crippen LogP contribution in [0, 0.1) is 0 Å². The van der Waals surface area contributed by atoms with E-state index in [9.17, 15) is 4.79 Å². The van der Waals surface area contributed by atoms with Crippen molar-refractivity contribution in [2.75, 3.05) is 13.2 Å². The summed E-state index contributed by atoms with van der Waals surface area (Å²) in [5, 5.41) is 2.07. The number of fused-ring (bicyclic) bond motifs is 1. The van der Waals surface area contributed by atoms with Gasteiger partial charge in [0.1, 0.15) is 13.2 Å². The van der Waals surface area contributed by atoms with E-state index in [2.05, 4.69) is 55.6 Å². The average molecular weight is 723 g/mol. The van der Waals surface area contributed by atoms with Gasteiger partial charge in [-0.05, 0) is 73.2 Å². The Balaban J connectivity index is 1.24. The van der Waals surface area contributed by atoms with Gasteiger partial charge in [-0.25, -0.2) is 0 Å². The van der Waals surface area contributed by atoms with Gasteiger partial charge in [0, 0.05) is 39.5 Å². The van der Waals surface area contributed by atoms with Gasteiger partial charge >= 0.3 is 0 Å². The third-order valence-corrected chi connectivity index (χ3v) is 14.9. The minimum absolute atomic E-state index is 0.607. The molecular weight excluding hydrogens is 677 g/mol. The van der Waals surface area contributed by atoms with Crippen molar-refractivity contribution in [1.82, 2.24) is 0 Å². The van der Waals surface area contributed by atoms with Gasteiger partial charge in [-0.2, -0.15) is 0 Å². The summed E-state index contributed by atoms with van der Waals surface area (Å²) in [5.41, 5.74) is 2.82. The summed E-state index contributed by atoms with van der Waals surface area (Å²) in [7, 11) is 0. The summed E-state index contributed by atoms with van der Waals surface area (Å²) in [6, 6.07) is 13.7. The molecule has 3 nitrogen and oxygen atoms in total. The van der Waals surface area contributed by atoms with Gasteiger partial charge in [0.25, 0.3) is 0 Å². The molecule has 0 fully saturated rings. The fraction of sp³-hybridized carbons (Fsp3) is 0.462. The summed E-state index contributed by atoms with van der Waals surface area (Å²) in [6.07, 6.45) is 18.7. The monoisotopic (exact) mass is 722 g/mol. The van der Waals surface area contributed by atoms with E-state index in [1.807, 2.05) is 34.0 Å². The minimum atomic E-state index is 0.607. The second-order valence-electron chi connectivity index (χ2n) is 12.4. The van der Waals surface area contributed by atoms with Crippen molar-refractivity contribution >= 4 is 63.0 Å². The molecule has 8 heteroatoms. The van der Waals surface area contributed by atoms with Crippen molar-refractivity contribution in [3.05, 3.63) is 57.8 Å². The lowest BCUT2D eigenvalue weighted by Gasteiger charge is -2.15. The normalized spacial score (nSPS) is 12.6. The predicted molar refractivity (Wildman–Crippen MR) is 208 cm³/mol. The molecule has 47 heavy (non-hydrogen) atoms. The van der Waals surface area contributed by atoms with Gasteiger partial charge in [-0.3, -0.25) is 4.79 Å². The maximum Gasteiger partial charge on any atom is 0.180 e. The number of hydrogen-bond acceptors (Lipinski definition) is 8. The van der Waals surface area contributed by atoms with E-state index in [1.54, 1.807) is 22.7 Å². The summed E-state index contributed by atoms with van der Waals surface area (Å²) in [5.74, 6) is 1.78. The molecule has 0 aliphatic carbocycles. The molecule has 0 N–H and O–H groups in total. The highest BCUT2D eigenvalue weighted by molar-refractivity contribution is 7.30. The molecule has 0 bridgehead atoms. The van der Waals surface area contributed by atoms with Gasteiger partial charge in [0.2, 0.25) is 0 Å². The molecule has 0 radical (unpaired) electrons. The van der Waals surface area contributed by atoms with Crippen LogP contribution < -0.4 is 9.47 Å². The minimum Gasteiger partial charge on any atom is -0.485 e. The molecule has 0 spiro atoms. The summed E-state index contributed by atoms with van der Waals surface area (Å²) < 4.78 is 11.8. The molecule has 5 aromatic rings. The van der Waals surface area contributed by atoms with Crippen LogP contribution in [0.5, 0.6) is 11.5 Å². The lowest BCUT2D eigenvalue weighted by Crippen LogP contribution is -2.14. The first-order valence-corrected chi connectivity index (χ1v) is 21.6. The van der Waals surface area contributed by atoms with Gasteiger partial charge < -0.3 is 9.47 Å². The number of unbranched alkanes of at least 4 members (excludes halogenated alkanes) is 10. The van der Waals surface area contributed by atoms with Gasteiger partial charge in [0.15, 0.2) is 17.8 Å². The quantitative estimate of drug-likeness (QED) is 0.0629. The molecule has 6 heterocycles. The highest BCUT2D eigenvalue weighted by Gasteiger charge is 2.22. The van der Waals surface area contributed by atoms with E-state index in [0.29, 0.717) is 13.2 Å². The number of rotatable bonds is 19. The molecule has 0 unspecified atom stereocenters. The summed E-state index contributed by atoms with van der Waals surface area (Å²) >= 11 is 9.06. The maximum atomic E-state index is 11.8. The van der Waals surface area contributed by atoms with Crippen LogP contribution in [0.1, 0.15) is 112 Å². The van der Waals surface area contributed by atoms with Crippen LogP contribution in [0.15, 0.2) is 41.8 Å². The van der Waals surface area contributed by atoms with E-state index in [4.69, 9.17) is 9.47 Å². The third kappa shape index (κ3) is 8.69.